The van der Waals surface area contributed by atoms with Crippen molar-refractivity contribution in [2.45, 2.75) is 6.61 Å². The Hall–Kier alpha value is -4.30. The van der Waals surface area contributed by atoms with Gasteiger partial charge in [0.05, 0.1) is 29.5 Å². The van der Waals surface area contributed by atoms with Gasteiger partial charge in [0.15, 0.2) is 5.76 Å². The molecule has 4 aromatic rings. The van der Waals surface area contributed by atoms with Gasteiger partial charge >= 0.3 is 0 Å². The number of fused-ring (bicyclic) bond motifs is 1. The maximum atomic E-state index is 12.6. The highest BCUT2D eigenvalue weighted by Crippen LogP contribution is 2.42. The molecular formula is C25H18ClN3O5. The lowest BCUT2D eigenvalue weighted by atomic mass is 9.98. The second kappa shape index (κ2) is 8.92. The molecule has 8 nitrogen and oxygen atoms in total. The van der Waals surface area contributed by atoms with E-state index in [0.717, 1.165) is 11.1 Å². The molecule has 34 heavy (non-hydrogen) atoms. The van der Waals surface area contributed by atoms with Crippen LogP contribution in [0.3, 0.4) is 0 Å². The van der Waals surface area contributed by atoms with Gasteiger partial charge in [0.1, 0.15) is 12.4 Å². The minimum atomic E-state index is -0.477. The average Bonchev–Trinajstić information content (AvgIpc) is 3.46. The smallest absolute Gasteiger partial charge is 0.260 e. The number of hydrogen-bond donors (Lipinski definition) is 2. The molecule has 170 valence electrons. The Balaban J connectivity index is 1.45. The van der Waals surface area contributed by atoms with Crippen LogP contribution in [0.15, 0.2) is 71.5 Å². The van der Waals surface area contributed by atoms with Crippen LogP contribution in [0.2, 0.25) is 5.02 Å². The number of aromatic nitrogens is 2. The summed E-state index contributed by atoms with van der Waals surface area (Å²) >= 11 is 6.52. The molecule has 1 amide bonds. The first-order valence-electron chi connectivity index (χ1n) is 10.2. The molecule has 0 spiro atoms. The Kier molecular flexibility index (Phi) is 5.65. The van der Waals surface area contributed by atoms with Crippen LogP contribution in [0.4, 0.5) is 5.69 Å². The van der Waals surface area contributed by atoms with Crippen molar-refractivity contribution in [3.63, 3.8) is 0 Å². The molecule has 0 bridgehead atoms. The fourth-order valence-corrected chi connectivity index (χ4v) is 3.89. The van der Waals surface area contributed by atoms with E-state index in [0.29, 0.717) is 34.2 Å². The lowest BCUT2D eigenvalue weighted by Crippen LogP contribution is -2.05. The summed E-state index contributed by atoms with van der Waals surface area (Å²) in [6.45, 7) is 0.403. The summed E-state index contributed by atoms with van der Waals surface area (Å²) in [6.07, 6.45) is 3.47. The Morgan fingerprint density at radius 3 is 2.68 bits per heavy atom. The molecule has 1 aliphatic rings. The molecule has 0 aliphatic carbocycles. The van der Waals surface area contributed by atoms with Gasteiger partial charge in [-0.3, -0.25) is 9.78 Å². The maximum absolute atomic E-state index is 12.6. The maximum Gasteiger partial charge on any atom is 0.260 e. The van der Waals surface area contributed by atoms with E-state index in [1.807, 2.05) is 36.4 Å². The number of carbonyl (C=O) groups is 1. The number of anilines is 1. The van der Waals surface area contributed by atoms with Gasteiger partial charge in [-0.15, -0.1) is 0 Å². The van der Waals surface area contributed by atoms with Crippen molar-refractivity contribution in [3.05, 3.63) is 88.9 Å². The zero-order chi connectivity index (χ0) is 23.7. The Bertz CT molecular complexity index is 1400. The summed E-state index contributed by atoms with van der Waals surface area (Å²) < 4.78 is 15.9. The van der Waals surface area contributed by atoms with Gasteiger partial charge < -0.3 is 24.4 Å². The van der Waals surface area contributed by atoms with Gasteiger partial charge in [0.25, 0.3) is 11.8 Å². The van der Waals surface area contributed by atoms with Crippen LogP contribution < -0.4 is 14.8 Å². The third kappa shape index (κ3) is 4.06. The first-order valence-corrected chi connectivity index (χ1v) is 10.6. The normalized spacial score (nSPS) is 13.9. The number of hydrogen-bond acceptors (Lipinski definition) is 7. The van der Waals surface area contributed by atoms with E-state index in [1.165, 1.54) is 13.2 Å². The van der Waals surface area contributed by atoms with Gasteiger partial charge in [-0.2, -0.15) is 0 Å². The highest BCUT2D eigenvalue weighted by atomic mass is 35.5. The zero-order valence-corrected chi connectivity index (χ0v) is 18.7. The van der Waals surface area contributed by atoms with E-state index in [4.69, 9.17) is 25.6 Å². The van der Waals surface area contributed by atoms with E-state index >= 15 is 0 Å². The first-order chi connectivity index (χ1) is 16.5. The van der Waals surface area contributed by atoms with Crippen LogP contribution >= 0.6 is 11.6 Å². The van der Waals surface area contributed by atoms with Crippen molar-refractivity contribution in [2.75, 3.05) is 12.4 Å². The number of methoxy groups -OCH3 is 1. The number of aliphatic hydroxyl groups is 1. The second-order valence-corrected chi connectivity index (χ2v) is 7.87. The molecule has 0 radical (unpaired) electrons. The largest absolute Gasteiger partial charge is 0.504 e. The average molecular weight is 476 g/mol. The highest BCUT2D eigenvalue weighted by Gasteiger charge is 2.31. The highest BCUT2D eigenvalue weighted by molar-refractivity contribution is 6.38. The number of amides is 1. The van der Waals surface area contributed by atoms with Crippen molar-refractivity contribution < 1.29 is 23.9 Å². The number of rotatable bonds is 6. The number of nitrogens with one attached hydrogen (secondary N) is 1. The summed E-state index contributed by atoms with van der Waals surface area (Å²) in [4.78, 5) is 16.7. The minimum absolute atomic E-state index is 0.0152. The van der Waals surface area contributed by atoms with Crippen molar-refractivity contribution in [2.24, 2.45) is 0 Å². The summed E-state index contributed by atoms with van der Waals surface area (Å²) in [7, 11) is 1.42. The summed E-state index contributed by atoms with van der Waals surface area (Å²) in [5.41, 5.74) is 3.52. The molecule has 5 rings (SSSR count). The predicted octanol–water partition coefficient (Wildman–Crippen LogP) is 5.36. The van der Waals surface area contributed by atoms with E-state index in [-0.39, 0.29) is 23.0 Å². The van der Waals surface area contributed by atoms with Crippen LogP contribution in [-0.2, 0) is 11.4 Å². The summed E-state index contributed by atoms with van der Waals surface area (Å²) in [5.74, 6) is 0.0683. The van der Waals surface area contributed by atoms with Crippen molar-refractivity contribution >= 4 is 34.5 Å². The Labute approximate surface area is 199 Å². The van der Waals surface area contributed by atoms with Gasteiger partial charge in [-0.1, -0.05) is 29.8 Å². The number of benzene rings is 2. The Morgan fingerprint density at radius 2 is 1.97 bits per heavy atom. The van der Waals surface area contributed by atoms with Crippen molar-refractivity contribution in [3.8, 4) is 22.8 Å². The van der Waals surface area contributed by atoms with Gasteiger partial charge in [-0.05, 0) is 41.1 Å². The minimum Gasteiger partial charge on any atom is -0.504 e. The molecule has 0 unspecified atom stereocenters. The van der Waals surface area contributed by atoms with Crippen LogP contribution in [0.5, 0.6) is 11.6 Å². The third-order valence-corrected chi connectivity index (χ3v) is 5.63. The molecule has 2 aromatic heterocycles. The van der Waals surface area contributed by atoms with Crippen LogP contribution in [-0.4, -0.2) is 28.3 Å². The van der Waals surface area contributed by atoms with E-state index in [2.05, 4.69) is 15.5 Å². The SMILES string of the molecule is COc1cc(/C(O)=C2\C(=O)Nc3cc(Cl)c(-c4ccc(OCc5cccnc5)cc4)cc32)on1. The number of nitrogens with zero attached hydrogens (tertiary/aromatic N) is 2. The molecular weight excluding hydrogens is 458 g/mol. The van der Waals surface area contributed by atoms with E-state index < -0.39 is 5.91 Å². The van der Waals surface area contributed by atoms with Crippen LogP contribution in [0.1, 0.15) is 16.9 Å². The molecule has 2 N–H and O–H groups in total. The van der Waals surface area contributed by atoms with Gasteiger partial charge in [0, 0.05) is 29.1 Å². The van der Waals surface area contributed by atoms with E-state index in [1.54, 1.807) is 24.5 Å². The zero-order valence-electron chi connectivity index (χ0n) is 17.9. The molecule has 0 saturated carbocycles. The molecule has 0 fully saturated rings. The van der Waals surface area contributed by atoms with Crippen LogP contribution in [0, 0.1) is 0 Å². The molecule has 3 heterocycles. The van der Waals surface area contributed by atoms with Gasteiger partial charge in [0.2, 0.25) is 5.76 Å². The second-order valence-electron chi connectivity index (χ2n) is 7.46. The first kappa shape index (κ1) is 21.5. The molecule has 9 heteroatoms. The van der Waals surface area contributed by atoms with E-state index in [9.17, 15) is 9.90 Å². The molecule has 1 aliphatic heterocycles. The van der Waals surface area contributed by atoms with Gasteiger partial charge in [-0.25, -0.2) is 0 Å². The lowest BCUT2D eigenvalue weighted by molar-refractivity contribution is -0.110. The number of halogens is 1. The fraction of sp³-hybridized carbons (Fsp3) is 0.0800. The molecule has 0 saturated heterocycles. The molecule has 0 atom stereocenters. The quantitative estimate of drug-likeness (QED) is 0.285. The van der Waals surface area contributed by atoms with Crippen molar-refractivity contribution in [1.82, 2.24) is 10.1 Å². The number of ether oxygens (including phenoxy) is 2. The molecule has 2 aromatic carbocycles. The fourth-order valence-electron chi connectivity index (χ4n) is 3.62. The van der Waals surface area contributed by atoms with Crippen LogP contribution in [0.25, 0.3) is 22.5 Å². The third-order valence-electron chi connectivity index (χ3n) is 5.31. The van der Waals surface area contributed by atoms with Crippen molar-refractivity contribution in [1.29, 1.82) is 0 Å². The number of carbonyl (C=O) groups excluding carboxylic acids is 1. The monoisotopic (exact) mass is 475 g/mol. The Morgan fingerprint density at radius 1 is 1.15 bits per heavy atom. The number of pyridine rings is 1. The lowest BCUT2D eigenvalue weighted by Gasteiger charge is -2.10. The topological polar surface area (TPSA) is 107 Å². The summed E-state index contributed by atoms with van der Waals surface area (Å²) in [5, 5.41) is 17.6. The number of aliphatic hydroxyl groups excluding tert-OH is 1. The predicted molar refractivity (Wildman–Crippen MR) is 127 cm³/mol. The standard InChI is InChI=1S/C25H18ClN3O5/c1-32-22-11-21(34-29-22)24(30)23-18-9-17(19(26)10-20(18)28-25(23)31)15-4-6-16(7-5-15)33-13-14-3-2-8-27-12-14/h2-12,30H,13H2,1H3,(H,28,31)/b24-23+. The summed E-state index contributed by atoms with van der Waals surface area (Å²) in [6, 6.07) is 16.0.